The minimum Gasteiger partial charge on any atom is -0.382 e. The van der Waals surface area contributed by atoms with E-state index >= 15 is 0 Å². The Labute approximate surface area is 143 Å². The first kappa shape index (κ1) is 19.8. The van der Waals surface area contributed by atoms with Gasteiger partial charge in [0.05, 0.1) is 0 Å². The Hall–Kier alpha value is -1.28. The van der Waals surface area contributed by atoms with E-state index in [0.29, 0.717) is 6.54 Å². The van der Waals surface area contributed by atoms with Crippen LogP contribution in [0, 0.1) is 6.92 Å². The molecule has 1 aromatic rings. The molecule has 23 heavy (non-hydrogen) atoms. The average Bonchev–Trinajstić information content (AvgIpc) is 2.87. The fourth-order valence-corrected chi connectivity index (χ4v) is 2.29. The van der Waals surface area contributed by atoms with Crippen molar-refractivity contribution in [3.63, 3.8) is 0 Å². The molecule has 0 saturated heterocycles. The molecule has 2 N–H and O–H groups in total. The molecule has 0 radical (unpaired) electrons. The first-order valence-corrected chi connectivity index (χ1v) is 9.52. The van der Waals surface area contributed by atoms with Crippen molar-refractivity contribution in [3.8, 4) is 0 Å². The van der Waals surface area contributed by atoms with Crippen molar-refractivity contribution < 1.29 is 4.74 Å². The highest BCUT2D eigenvalue weighted by Gasteiger charge is 2.05. The van der Waals surface area contributed by atoms with E-state index in [4.69, 9.17) is 4.74 Å². The average molecular weight is 343 g/mol. The molecule has 0 aromatic carbocycles. The van der Waals surface area contributed by atoms with E-state index < -0.39 is 0 Å². The summed E-state index contributed by atoms with van der Waals surface area (Å²) in [6.07, 6.45) is 4.20. The van der Waals surface area contributed by atoms with Gasteiger partial charge in [-0.05, 0) is 38.7 Å². The molecule has 1 rings (SSSR count). The molecule has 0 atom stereocenters. The number of rotatable bonds is 11. The normalized spacial score (nSPS) is 11.7. The largest absolute Gasteiger partial charge is 0.382 e. The number of guanidine groups is 1. The number of aliphatic imine (C=N–C) groups is 1. The van der Waals surface area contributed by atoms with Gasteiger partial charge in [-0.25, -0.2) is 4.99 Å². The molecule has 0 bridgehead atoms. The Kier molecular flexibility index (Phi) is 10.5. The van der Waals surface area contributed by atoms with E-state index in [1.54, 1.807) is 0 Å². The van der Waals surface area contributed by atoms with Crippen LogP contribution in [0.25, 0.3) is 0 Å². The van der Waals surface area contributed by atoms with Crippen LogP contribution in [0.1, 0.15) is 31.4 Å². The van der Waals surface area contributed by atoms with E-state index in [0.717, 1.165) is 62.5 Å². The predicted octanol–water partition coefficient (Wildman–Crippen LogP) is 1.34. The Morgan fingerprint density at radius 1 is 1.26 bits per heavy atom. The smallest absolute Gasteiger partial charge is 0.191 e. The van der Waals surface area contributed by atoms with Gasteiger partial charge in [-0.2, -0.15) is 11.8 Å². The van der Waals surface area contributed by atoms with Crippen LogP contribution in [0.15, 0.2) is 4.99 Å². The maximum Gasteiger partial charge on any atom is 0.191 e. The van der Waals surface area contributed by atoms with Gasteiger partial charge in [-0.15, -0.1) is 10.2 Å². The third-order valence-electron chi connectivity index (χ3n) is 3.34. The van der Waals surface area contributed by atoms with Crippen LogP contribution in [0.4, 0.5) is 0 Å². The van der Waals surface area contributed by atoms with Gasteiger partial charge in [0.25, 0.3) is 0 Å². The summed E-state index contributed by atoms with van der Waals surface area (Å²) in [6, 6.07) is 0. The molecule has 0 amide bonds. The highest BCUT2D eigenvalue weighted by Crippen LogP contribution is 1.99. The van der Waals surface area contributed by atoms with Gasteiger partial charge in [-0.3, -0.25) is 0 Å². The third-order valence-corrected chi connectivity index (χ3v) is 4.04. The minimum absolute atomic E-state index is 0.515. The molecule has 7 nitrogen and oxygen atoms in total. The van der Waals surface area contributed by atoms with Crippen molar-refractivity contribution in [2.75, 3.05) is 38.3 Å². The summed E-state index contributed by atoms with van der Waals surface area (Å²) in [5.74, 6) is 3.73. The van der Waals surface area contributed by atoms with Gasteiger partial charge in [0.2, 0.25) is 0 Å². The summed E-state index contributed by atoms with van der Waals surface area (Å²) in [5.41, 5.74) is 0. The number of thioether (sulfide) groups is 1. The topological polar surface area (TPSA) is 76.4 Å². The fourth-order valence-electron chi connectivity index (χ4n) is 1.86. The Balaban J connectivity index is 2.47. The first-order valence-electron chi connectivity index (χ1n) is 8.12. The number of aryl methyl sites for hydroxylation is 1. The fraction of sp³-hybridized carbons (Fsp3) is 0.800. The van der Waals surface area contributed by atoms with Crippen molar-refractivity contribution in [1.29, 1.82) is 0 Å². The van der Waals surface area contributed by atoms with Gasteiger partial charge >= 0.3 is 0 Å². The zero-order valence-corrected chi connectivity index (χ0v) is 15.6. The molecule has 0 spiro atoms. The lowest BCUT2D eigenvalue weighted by Gasteiger charge is -2.12. The number of ether oxygens (including phenoxy) is 1. The summed E-state index contributed by atoms with van der Waals surface area (Å²) >= 11 is 1.86. The lowest BCUT2D eigenvalue weighted by Crippen LogP contribution is -2.39. The summed E-state index contributed by atoms with van der Waals surface area (Å²) < 4.78 is 7.31. The Morgan fingerprint density at radius 3 is 2.61 bits per heavy atom. The lowest BCUT2D eigenvalue weighted by molar-refractivity contribution is 0.145. The molecule has 1 heterocycles. The molecule has 1 aromatic heterocycles. The number of hydrogen-bond acceptors (Lipinski definition) is 5. The van der Waals surface area contributed by atoms with Crippen LogP contribution in [0.2, 0.25) is 0 Å². The minimum atomic E-state index is 0.515. The second-order valence-electron chi connectivity index (χ2n) is 5.14. The van der Waals surface area contributed by atoms with E-state index in [2.05, 4.69) is 32.1 Å². The molecular weight excluding hydrogens is 312 g/mol. The first-order chi connectivity index (χ1) is 11.2. The SMILES string of the molecule is CCOCCCNC(=NCc1nnc(C)n1C)NCCCSC. The molecular formula is C15H30N6OS. The van der Waals surface area contributed by atoms with Crippen LogP contribution in [-0.4, -0.2) is 59.0 Å². The van der Waals surface area contributed by atoms with Gasteiger partial charge in [0.15, 0.2) is 11.8 Å². The van der Waals surface area contributed by atoms with E-state index in [9.17, 15) is 0 Å². The van der Waals surface area contributed by atoms with Crippen LogP contribution >= 0.6 is 11.8 Å². The highest BCUT2D eigenvalue weighted by molar-refractivity contribution is 7.98. The second-order valence-corrected chi connectivity index (χ2v) is 6.12. The third kappa shape index (κ3) is 8.22. The lowest BCUT2D eigenvalue weighted by atomic mass is 10.4. The van der Waals surface area contributed by atoms with Gasteiger partial charge in [0.1, 0.15) is 12.4 Å². The van der Waals surface area contributed by atoms with Gasteiger partial charge < -0.3 is 19.9 Å². The molecule has 0 unspecified atom stereocenters. The molecule has 0 aliphatic carbocycles. The summed E-state index contributed by atoms with van der Waals surface area (Å²) in [7, 11) is 1.96. The van der Waals surface area contributed by atoms with Crippen LogP contribution in [0.5, 0.6) is 0 Å². The van der Waals surface area contributed by atoms with Crippen LogP contribution < -0.4 is 10.6 Å². The van der Waals surface area contributed by atoms with Crippen molar-refractivity contribution >= 4 is 17.7 Å². The molecule has 0 aliphatic rings. The van der Waals surface area contributed by atoms with Crippen molar-refractivity contribution in [2.45, 2.75) is 33.2 Å². The number of aromatic nitrogens is 3. The summed E-state index contributed by atoms with van der Waals surface area (Å²) in [6.45, 7) is 7.75. The molecule has 8 heteroatoms. The molecule has 0 saturated carbocycles. The van der Waals surface area contributed by atoms with Crippen molar-refractivity contribution in [3.05, 3.63) is 11.6 Å². The maximum absolute atomic E-state index is 5.35. The quantitative estimate of drug-likeness (QED) is 0.359. The van der Waals surface area contributed by atoms with Gasteiger partial charge in [-0.1, -0.05) is 0 Å². The Bertz CT molecular complexity index is 463. The van der Waals surface area contributed by atoms with Crippen molar-refractivity contribution in [1.82, 2.24) is 25.4 Å². The standard InChI is InChI=1S/C15H30N6OS/c1-5-22-10-6-8-16-15(17-9-7-11-23-4)18-12-14-20-19-13(2)21(14)3/h5-12H2,1-4H3,(H2,16,17,18). The number of hydrogen-bond donors (Lipinski definition) is 2. The highest BCUT2D eigenvalue weighted by atomic mass is 32.2. The second kappa shape index (κ2) is 12.2. The Morgan fingerprint density at radius 2 is 2.00 bits per heavy atom. The summed E-state index contributed by atoms with van der Waals surface area (Å²) in [4.78, 5) is 4.61. The van der Waals surface area contributed by atoms with E-state index in [1.807, 2.05) is 37.2 Å². The maximum atomic E-state index is 5.35. The number of nitrogens with zero attached hydrogens (tertiary/aromatic N) is 4. The van der Waals surface area contributed by atoms with E-state index in [1.165, 1.54) is 0 Å². The zero-order valence-electron chi connectivity index (χ0n) is 14.8. The number of nitrogens with one attached hydrogen (secondary N) is 2. The van der Waals surface area contributed by atoms with E-state index in [-0.39, 0.29) is 0 Å². The van der Waals surface area contributed by atoms with Crippen LogP contribution in [-0.2, 0) is 18.3 Å². The van der Waals surface area contributed by atoms with Crippen molar-refractivity contribution in [2.24, 2.45) is 12.0 Å². The molecule has 132 valence electrons. The van der Waals surface area contributed by atoms with Crippen LogP contribution in [0.3, 0.4) is 0 Å². The monoisotopic (exact) mass is 342 g/mol. The zero-order chi connectivity index (χ0) is 16.9. The molecule has 0 aliphatic heterocycles. The van der Waals surface area contributed by atoms with Gasteiger partial charge in [0, 0.05) is 33.4 Å². The predicted molar refractivity (Wildman–Crippen MR) is 97.0 cm³/mol. The molecule has 0 fully saturated rings. The summed E-state index contributed by atoms with van der Waals surface area (Å²) in [5, 5.41) is 14.9.